The average molecular weight is 1020 g/mol. The molecule has 404 valence electrons. The fourth-order valence-corrected chi connectivity index (χ4v) is 17.8. The lowest BCUT2D eigenvalue weighted by molar-refractivity contribution is -0.157. The average Bonchev–Trinajstić information content (AvgIpc) is 3.94. The first-order valence-corrected chi connectivity index (χ1v) is 28.2. The third-order valence-corrected chi connectivity index (χ3v) is 20.2. The molecule has 0 heterocycles. The molecule has 9 atom stereocenters. The summed E-state index contributed by atoms with van der Waals surface area (Å²) in [5.74, 6) is 1.52. The van der Waals surface area contributed by atoms with Gasteiger partial charge in [0.2, 0.25) is 5.82 Å². The predicted molar refractivity (Wildman–Crippen MR) is 281 cm³/mol. The monoisotopic (exact) mass is 1020 g/mol. The van der Waals surface area contributed by atoms with Crippen LogP contribution in [-0.2, 0) is 0 Å². The van der Waals surface area contributed by atoms with Crippen molar-refractivity contribution in [3.63, 3.8) is 0 Å². The van der Waals surface area contributed by atoms with Gasteiger partial charge in [0.25, 0.3) is 0 Å². The minimum Gasteiger partial charge on any atom is -0.497 e. The topological polar surface area (TPSA) is 49.7 Å². The van der Waals surface area contributed by atoms with Crippen molar-refractivity contribution in [2.75, 3.05) is 7.11 Å². The SMILES string of the molecule is C=C1C2CC3CC1CC(C)(C3)C2.CC12CC3CC(C1)C(O)C(C3)C2.CC12CC3CC(C1)CC(O)(C3)C2.CC1CC2CCC1C2.COc1ccc(C)cc1.Cc1c(F)c(F)c(F)c(F)c1F.Cc1ccc(F)cc1. The number of hydrogen-bond donors (Lipinski definition) is 2. The summed E-state index contributed by atoms with van der Waals surface area (Å²) in [4.78, 5) is 0. The minimum atomic E-state index is -2.13. The number of ether oxygens (including phenoxy) is 1. The normalized spacial score (nSPS) is 39.5. The zero-order valence-corrected chi connectivity index (χ0v) is 45.5. The minimum absolute atomic E-state index is 0.0645. The van der Waals surface area contributed by atoms with Crippen LogP contribution >= 0.6 is 0 Å². The Morgan fingerprint density at radius 3 is 1.34 bits per heavy atom. The van der Waals surface area contributed by atoms with E-state index in [1.165, 1.54) is 101 Å². The smallest absolute Gasteiger partial charge is 0.200 e. The fourth-order valence-electron chi connectivity index (χ4n) is 17.8. The van der Waals surface area contributed by atoms with Crippen LogP contribution in [-0.4, -0.2) is 29.0 Å². The van der Waals surface area contributed by atoms with E-state index in [-0.39, 0.29) is 17.5 Å². The number of halogens is 6. The molecule has 3 aromatic rings. The zero-order valence-electron chi connectivity index (χ0n) is 45.5. The quantitative estimate of drug-likeness (QED) is 0.111. The van der Waals surface area contributed by atoms with Crippen LogP contribution in [0, 0.1) is 137 Å². The molecule has 0 spiro atoms. The van der Waals surface area contributed by atoms with Crippen molar-refractivity contribution >= 4 is 0 Å². The summed E-state index contributed by atoms with van der Waals surface area (Å²) in [7, 11) is 1.67. The third kappa shape index (κ3) is 13.3. The van der Waals surface area contributed by atoms with Crippen molar-refractivity contribution in [3.8, 4) is 5.75 Å². The van der Waals surface area contributed by atoms with E-state index in [1.807, 2.05) is 31.2 Å². The Bertz CT molecular complexity index is 2170. The number of aliphatic hydroxyl groups is 2. The Kier molecular flexibility index (Phi) is 17.1. The van der Waals surface area contributed by atoms with Gasteiger partial charge >= 0.3 is 0 Å². The van der Waals surface area contributed by atoms with Gasteiger partial charge in [0, 0.05) is 5.56 Å². The highest BCUT2D eigenvalue weighted by molar-refractivity contribution is 5.26. The molecule has 2 N–H and O–H groups in total. The number of aliphatic hydroxyl groups excluding tert-OH is 1. The molecular weight excluding hydrogens is 931 g/mol. The van der Waals surface area contributed by atoms with Gasteiger partial charge in [0.15, 0.2) is 23.3 Å². The summed E-state index contributed by atoms with van der Waals surface area (Å²) in [5, 5.41) is 20.2. The van der Waals surface area contributed by atoms with Gasteiger partial charge in [-0.15, -0.1) is 0 Å². The maximum Gasteiger partial charge on any atom is 0.200 e. The molecule has 3 nitrogen and oxygen atoms in total. The molecule has 3 aromatic carbocycles. The molecule has 17 rings (SSSR count). The van der Waals surface area contributed by atoms with Crippen LogP contribution in [0.25, 0.3) is 0 Å². The van der Waals surface area contributed by atoms with Gasteiger partial charge in [-0.25, -0.2) is 26.3 Å². The second-order valence-electron chi connectivity index (χ2n) is 27.2. The molecular formula is C64H88F6O3. The van der Waals surface area contributed by atoms with Crippen LogP contribution in [0.15, 0.2) is 60.7 Å². The molecule has 0 amide bonds. The summed E-state index contributed by atoms with van der Waals surface area (Å²) in [6.07, 6.45) is 27.9. The van der Waals surface area contributed by atoms with Crippen molar-refractivity contribution < 1.29 is 41.3 Å². The van der Waals surface area contributed by atoms with E-state index in [2.05, 4.69) is 41.2 Å². The van der Waals surface area contributed by atoms with E-state index in [1.54, 1.807) is 50.5 Å². The molecule has 14 aliphatic carbocycles. The van der Waals surface area contributed by atoms with Crippen molar-refractivity contribution in [1.29, 1.82) is 0 Å². The predicted octanol–water partition coefficient (Wildman–Crippen LogP) is 17.2. The lowest BCUT2D eigenvalue weighted by atomic mass is 9.48. The second kappa shape index (κ2) is 22.3. The lowest BCUT2D eigenvalue weighted by Crippen LogP contribution is -2.54. The van der Waals surface area contributed by atoms with E-state index in [4.69, 9.17) is 4.74 Å². The number of aryl methyl sites for hydroxylation is 2. The van der Waals surface area contributed by atoms with Crippen LogP contribution in [0.1, 0.15) is 173 Å². The van der Waals surface area contributed by atoms with Crippen molar-refractivity contribution in [1.82, 2.24) is 0 Å². The van der Waals surface area contributed by atoms with Crippen LogP contribution in [0.2, 0.25) is 0 Å². The third-order valence-electron chi connectivity index (χ3n) is 20.2. The number of fused-ring (bicyclic) bond motifs is 2. The molecule has 0 aromatic heterocycles. The van der Waals surface area contributed by atoms with Gasteiger partial charge in [0.1, 0.15) is 11.6 Å². The fraction of sp³-hybridized carbons (Fsp3) is 0.688. The zero-order chi connectivity index (χ0) is 52.8. The van der Waals surface area contributed by atoms with E-state index in [9.17, 15) is 36.6 Å². The Hall–Kier alpha value is -3.30. The first-order valence-electron chi connectivity index (χ1n) is 28.2. The molecule has 9 unspecified atom stereocenters. The highest BCUT2D eigenvalue weighted by Crippen LogP contribution is 2.63. The Morgan fingerprint density at radius 2 is 0.959 bits per heavy atom. The number of methoxy groups -OCH3 is 1. The standard InChI is InChI=1S/C12H18.2C11H18O.C8H10O.C8H14.C7H3F5.C7H7F/c1-8-10-3-9-4-11(8)7-12(2,5-9)6-10;1-10-3-8-2-9(4-10)6-11(12,5-8)7-10;1-11-4-7-2-8(5-11)10(12)9(3-7)6-11;1-7-3-5-8(9-2)6-4-7;1-6-4-7-2-3-8(6)5-7;1-2-3(8)5(10)7(12)6(11)4(2)9;1-6-2-4-7(8)5-3-6/h9-11H,1,3-7H2,2H3;8-9,12H,2-7H2,1H3;7-10,12H,2-6H2,1H3;3-6H,1-2H3;6-8H,2-5H2,1H3;1H3;2-5H,1H3. The summed E-state index contributed by atoms with van der Waals surface area (Å²) in [6, 6.07) is 14.4. The second-order valence-corrected chi connectivity index (χ2v) is 27.2. The Labute approximate surface area is 434 Å². The highest BCUT2D eigenvalue weighted by Gasteiger charge is 2.55. The molecule has 14 fully saturated rings. The summed E-state index contributed by atoms with van der Waals surface area (Å²) in [6.45, 7) is 18.8. The van der Waals surface area contributed by atoms with Gasteiger partial charge < -0.3 is 14.9 Å². The first-order chi connectivity index (χ1) is 34.3. The van der Waals surface area contributed by atoms with Crippen molar-refractivity contribution in [2.24, 2.45) is 81.3 Å². The molecule has 73 heavy (non-hydrogen) atoms. The molecule has 14 bridgehead atoms. The first kappa shape index (κ1) is 55.9. The van der Waals surface area contributed by atoms with Crippen molar-refractivity contribution in [2.45, 2.75) is 189 Å². The van der Waals surface area contributed by atoms with Gasteiger partial charge in [-0.1, -0.05) is 81.7 Å². The maximum atomic E-state index is 12.4. The van der Waals surface area contributed by atoms with Gasteiger partial charge in [-0.3, -0.25) is 0 Å². The molecule has 0 radical (unpaired) electrons. The Morgan fingerprint density at radius 1 is 0.507 bits per heavy atom. The molecule has 14 saturated carbocycles. The molecule has 0 aliphatic heterocycles. The molecule has 9 heteroatoms. The number of benzene rings is 3. The van der Waals surface area contributed by atoms with Gasteiger partial charge in [0.05, 0.1) is 18.8 Å². The summed E-state index contributed by atoms with van der Waals surface area (Å²) in [5.41, 5.74) is 4.71. The lowest BCUT2D eigenvalue weighted by Gasteiger charge is -2.59. The molecule has 0 saturated heterocycles. The Balaban J connectivity index is 0.000000114. The van der Waals surface area contributed by atoms with Crippen molar-refractivity contribution in [3.05, 3.63) is 112 Å². The van der Waals surface area contributed by atoms with E-state index in [0.29, 0.717) is 22.7 Å². The van der Waals surface area contributed by atoms with E-state index >= 15 is 0 Å². The van der Waals surface area contributed by atoms with Crippen LogP contribution in [0.3, 0.4) is 0 Å². The number of allylic oxidation sites excluding steroid dienone is 1. The van der Waals surface area contributed by atoms with E-state index < -0.39 is 34.6 Å². The van der Waals surface area contributed by atoms with Gasteiger partial charge in [-0.2, -0.15) is 0 Å². The van der Waals surface area contributed by atoms with Crippen LogP contribution < -0.4 is 4.74 Å². The highest BCUT2D eigenvalue weighted by atomic mass is 19.2. The number of rotatable bonds is 1. The number of hydrogen-bond acceptors (Lipinski definition) is 3. The molecule has 14 aliphatic rings. The summed E-state index contributed by atoms with van der Waals surface area (Å²) >= 11 is 0. The van der Waals surface area contributed by atoms with E-state index in [0.717, 1.165) is 96.2 Å². The summed E-state index contributed by atoms with van der Waals surface area (Å²) < 4.78 is 78.6. The largest absolute Gasteiger partial charge is 0.497 e. The van der Waals surface area contributed by atoms with Crippen LogP contribution in [0.4, 0.5) is 26.3 Å². The van der Waals surface area contributed by atoms with Gasteiger partial charge in [-0.05, 0) is 248 Å². The maximum absolute atomic E-state index is 12.4. The van der Waals surface area contributed by atoms with Crippen LogP contribution in [0.5, 0.6) is 5.75 Å².